The van der Waals surface area contributed by atoms with Gasteiger partial charge in [-0.1, -0.05) is 42.5 Å². The monoisotopic (exact) mass is 481 g/mol. The van der Waals surface area contributed by atoms with E-state index < -0.39 is 5.91 Å². The van der Waals surface area contributed by atoms with Gasteiger partial charge in [0.15, 0.2) is 0 Å². The second-order valence-corrected chi connectivity index (χ2v) is 9.15. The third-order valence-corrected chi connectivity index (χ3v) is 6.54. The Morgan fingerprint density at radius 2 is 1.78 bits per heavy atom. The number of hydrogen-bond acceptors (Lipinski definition) is 5. The molecule has 0 aliphatic heterocycles. The summed E-state index contributed by atoms with van der Waals surface area (Å²) in [4.78, 5) is 29.1. The molecule has 2 amide bonds. The molecular weight excluding hydrogens is 454 g/mol. The number of ether oxygens (including phenoxy) is 1. The number of nitrogens with zero attached hydrogens (tertiary/aromatic N) is 1. The van der Waals surface area contributed by atoms with Crippen molar-refractivity contribution in [2.45, 2.75) is 26.4 Å². The van der Waals surface area contributed by atoms with Gasteiger partial charge in [0.25, 0.3) is 5.91 Å². The lowest BCUT2D eigenvalue weighted by Crippen LogP contribution is -2.22. The van der Waals surface area contributed by atoms with E-state index in [4.69, 9.17) is 9.94 Å². The van der Waals surface area contributed by atoms with Gasteiger partial charge in [-0.3, -0.25) is 19.8 Å². The van der Waals surface area contributed by atoms with Crippen LogP contribution in [0.2, 0.25) is 0 Å². The van der Waals surface area contributed by atoms with Crippen LogP contribution in [-0.2, 0) is 17.8 Å². The smallest absolute Gasteiger partial charge is 0.276 e. The molecular formula is C29H27N3O4. The van der Waals surface area contributed by atoms with Crippen molar-refractivity contribution >= 4 is 28.4 Å². The van der Waals surface area contributed by atoms with Crippen LogP contribution in [-0.4, -0.2) is 22.0 Å². The number of pyridine rings is 1. The lowest BCUT2D eigenvalue weighted by Gasteiger charge is -2.11. The third kappa shape index (κ3) is 5.21. The summed E-state index contributed by atoms with van der Waals surface area (Å²) >= 11 is 0. The number of hydroxylamine groups is 1. The molecule has 1 aliphatic rings. The number of hydrogen-bond donors (Lipinski definition) is 3. The first-order chi connectivity index (χ1) is 17.5. The highest BCUT2D eigenvalue weighted by Crippen LogP contribution is 2.42. The van der Waals surface area contributed by atoms with Crippen LogP contribution in [0.5, 0.6) is 5.75 Å². The molecule has 4 aromatic rings. The van der Waals surface area contributed by atoms with Crippen molar-refractivity contribution in [1.29, 1.82) is 0 Å². The van der Waals surface area contributed by atoms with E-state index in [1.54, 1.807) is 29.7 Å². The quantitative estimate of drug-likeness (QED) is 0.241. The maximum absolute atomic E-state index is 12.7. The summed E-state index contributed by atoms with van der Waals surface area (Å²) in [6, 6.07) is 24.7. The molecule has 2 atom stereocenters. The highest BCUT2D eigenvalue weighted by molar-refractivity contribution is 6.04. The molecule has 0 spiro atoms. The van der Waals surface area contributed by atoms with E-state index in [9.17, 15) is 9.59 Å². The first-order valence-corrected chi connectivity index (χ1v) is 11.9. The van der Waals surface area contributed by atoms with E-state index in [0.29, 0.717) is 12.3 Å². The molecule has 1 aliphatic carbocycles. The van der Waals surface area contributed by atoms with Crippen LogP contribution >= 0.6 is 0 Å². The zero-order valence-corrected chi connectivity index (χ0v) is 19.9. The van der Waals surface area contributed by atoms with Crippen LogP contribution in [0, 0.1) is 18.8 Å². The Labute approximate surface area is 209 Å². The number of aromatic nitrogens is 1. The lowest BCUT2D eigenvalue weighted by molar-refractivity contribution is -0.117. The molecule has 36 heavy (non-hydrogen) atoms. The molecule has 2 unspecified atom stereocenters. The average Bonchev–Trinajstić information content (AvgIpc) is 3.67. The number of anilines is 1. The van der Waals surface area contributed by atoms with Crippen LogP contribution in [0.15, 0.2) is 78.9 Å². The number of fused-ring (bicyclic) bond motifs is 1. The summed E-state index contributed by atoms with van der Waals surface area (Å²) in [6.07, 6.45) is 1.60. The van der Waals surface area contributed by atoms with Crippen LogP contribution in [0.3, 0.4) is 0 Å². The largest absolute Gasteiger partial charge is 0.489 e. The molecule has 0 radical (unpaired) electrons. The van der Waals surface area contributed by atoms with E-state index in [0.717, 1.165) is 46.3 Å². The molecule has 5 rings (SSSR count). The standard InChI is InChI=1S/C29H27N3O4/c1-18-14-21(23-6-2-4-8-26(23)30-18)17-36-22-12-10-19(11-13-22)15-20-16-25(20)28(33)31-27-9-5-3-7-24(27)29(34)32-35/h2-14,20,25,35H,15-17H2,1H3,(H,31,33)(H,32,34). The number of carbonyl (C=O) groups is 2. The minimum Gasteiger partial charge on any atom is -0.489 e. The molecule has 182 valence electrons. The second kappa shape index (κ2) is 10.2. The SMILES string of the molecule is Cc1cc(COc2ccc(CC3CC3C(=O)Nc3ccccc3C(=O)NO)cc2)c2ccccc2n1. The zero-order valence-electron chi connectivity index (χ0n) is 19.9. The van der Waals surface area contributed by atoms with Gasteiger partial charge in [0, 0.05) is 22.6 Å². The molecule has 3 N–H and O–H groups in total. The molecule has 1 saturated carbocycles. The van der Waals surface area contributed by atoms with E-state index >= 15 is 0 Å². The Morgan fingerprint density at radius 1 is 1.03 bits per heavy atom. The Balaban J connectivity index is 1.16. The van der Waals surface area contributed by atoms with Gasteiger partial charge in [0.2, 0.25) is 5.91 Å². The Hall–Kier alpha value is -4.23. The third-order valence-electron chi connectivity index (χ3n) is 6.54. The Morgan fingerprint density at radius 3 is 2.58 bits per heavy atom. The predicted octanol–water partition coefficient (Wildman–Crippen LogP) is 5.06. The lowest BCUT2D eigenvalue weighted by atomic mass is 10.1. The highest BCUT2D eigenvalue weighted by Gasteiger charge is 2.42. The highest BCUT2D eigenvalue weighted by atomic mass is 16.5. The maximum atomic E-state index is 12.7. The number of nitrogens with one attached hydrogen (secondary N) is 2. The van der Waals surface area contributed by atoms with E-state index in [1.165, 1.54) is 0 Å². The minimum absolute atomic E-state index is 0.102. The van der Waals surface area contributed by atoms with E-state index in [2.05, 4.69) is 22.4 Å². The molecule has 1 fully saturated rings. The number of aryl methyl sites for hydroxylation is 1. The summed E-state index contributed by atoms with van der Waals surface area (Å²) in [6.45, 7) is 2.45. The van der Waals surface area contributed by atoms with Crippen molar-refractivity contribution in [2.75, 3.05) is 5.32 Å². The summed E-state index contributed by atoms with van der Waals surface area (Å²) in [5.41, 5.74) is 6.40. The van der Waals surface area contributed by atoms with E-state index in [-0.39, 0.29) is 23.3 Å². The van der Waals surface area contributed by atoms with Gasteiger partial charge in [-0.05, 0) is 67.6 Å². The Kier molecular flexibility index (Phi) is 6.64. The maximum Gasteiger partial charge on any atom is 0.276 e. The van der Waals surface area contributed by atoms with Gasteiger partial charge >= 0.3 is 0 Å². The zero-order chi connectivity index (χ0) is 25.1. The van der Waals surface area contributed by atoms with Crippen molar-refractivity contribution < 1.29 is 19.5 Å². The van der Waals surface area contributed by atoms with Crippen molar-refractivity contribution in [3.63, 3.8) is 0 Å². The Bertz CT molecular complexity index is 1420. The number of rotatable bonds is 8. The second-order valence-electron chi connectivity index (χ2n) is 9.15. The van der Waals surface area contributed by atoms with Gasteiger partial charge in [0.05, 0.1) is 16.8 Å². The van der Waals surface area contributed by atoms with Crippen LogP contribution in [0.25, 0.3) is 10.9 Å². The van der Waals surface area contributed by atoms with Crippen LogP contribution in [0.1, 0.15) is 33.6 Å². The fourth-order valence-corrected chi connectivity index (χ4v) is 4.57. The van der Waals surface area contributed by atoms with Crippen molar-refractivity contribution in [1.82, 2.24) is 10.5 Å². The average molecular weight is 482 g/mol. The predicted molar refractivity (Wildman–Crippen MR) is 137 cm³/mol. The van der Waals surface area contributed by atoms with Gasteiger partial charge < -0.3 is 10.1 Å². The number of benzene rings is 3. The normalized spacial score (nSPS) is 16.4. The first kappa shape index (κ1) is 23.5. The van der Waals surface area contributed by atoms with E-state index in [1.807, 2.05) is 49.4 Å². The topological polar surface area (TPSA) is 101 Å². The number of carbonyl (C=O) groups excluding carboxylic acids is 2. The summed E-state index contributed by atoms with van der Waals surface area (Å²) in [5, 5.41) is 12.8. The molecule has 7 heteroatoms. The van der Waals surface area contributed by atoms with Crippen molar-refractivity contribution in [3.8, 4) is 5.75 Å². The molecule has 7 nitrogen and oxygen atoms in total. The van der Waals surface area contributed by atoms with Crippen molar-refractivity contribution in [2.24, 2.45) is 11.8 Å². The molecule has 3 aromatic carbocycles. The first-order valence-electron chi connectivity index (χ1n) is 11.9. The fraction of sp³-hybridized carbons (Fsp3) is 0.207. The molecule has 0 saturated heterocycles. The minimum atomic E-state index is -0.659. The molecule has 1 heterocycles. The molecule has 0 bridgehead atoms. The van der Waals surface area contributed by atoms with Crippen LogP contribution < -0.4 is 15.5 Å². The number of para-hydroxylation sites is 2. The van der Waals surface area contributed by atoms with Crippen LogP contribution in [0.4, 0.5) is 5.69 Å². The van der Waals surface area contributed by atoms with Gasteiger partial charge in [-0.15, -0.1) is 0 Å². The van der Waals surface area contributed by atoms with Crippen molar-refractivity contribution in [3.05, 3.63) is 101 Å². The summed E-state index contributed by atoms with van der Waals surface area (Å²) in [7, 11) is 0. The van der Waals surface area contributed by atoms with Gasteiger partial charge in [0.1, 0.15) is 12.4 Å². The number of amides is 2. The van der Waals surface area contributed by atoms with Gasteiger partial charge in [-0.25, -0.2) is 5.48 Å². The molecule has 1 aromatic heterocycles. The summed E-state index contributed by atoms with van der Waals surface area (Å²) in [5.74, 6) is 0.170. The fourth-order valence-electron chi connectivity index (χ4n) is 4.57. The summed E-state index contributed by atoms with van der Waals surface area (Å²) < 4.78 is 6.05. The van der Waals surface area contributed by atoms with Gasteiger partial charge in [-0.2, -0.15) is 0 Å².